The third kappa shape index (κ3) is 4.68. The van der Waals surface area contributed by atoms with Gasteiger partial charge in [-0.25, -0.2) is 0 Å². The van der Waals surface area contributed by atoms with Crippen LogP contribution in [-0.2, 0) is 4.79 Å². The molecule has 0 aromatic carbocycles. The number of amides is 1. The van der Waals surface area contributed by atoms with Crippen LogP contribution in [0.3, 0.4) is 0 Å². The summed E-state index contributed by atoms with van der Waals surface area (Å²) in [5.41, 5.74) is 6.78. The molecule has 1 aliphatic rings. The minimum absolute atomic E-state index is 0. The van der Waals surface area contributed by atoms with Crippen molar-refractivity contribution in [1.29, 1.82) is 0 Å². The van der Waals surface area contributed by atoms with Crippen LogP contribution in [0.1, 0.15) is 40.0 Å². The number of hydrogen-bond donors (Lipinski definition) is 1. The molecule has 0 aromatic heterocycles. The first kappa shape index (κ1) is 16.5. The second kappa shape index (κ2) is 7.72. The number of rotatable bonds is 3. The molecule has 3 nitrogen and oxygen atoms in total. The number of nitrogens with zero attached hydrogens (tertiary/aromatic N) is 1. The third-order valence-corrected chi connectivity index (χ3v) is 3.34. The summed E-state index contributed by atoms with van der Waals surface area (Å²) in [4.78, 5) is 14.0. The zero-order valence-corrected chi connectivity index (χ0v) is 11.9. The van der Waals surface area contributed by atoms with E-state index in [9.17, 15) is 4.79 Å². The topological polar surface area (TPSA) is 46.3 Å². The number of nitrogens with two attached hydrogens (primary N) is 1. The van der Waals surface area contributed by atoms with Crippen LogP contribution in [0.15, 0.2) is 11.6 Å². The maximum atomic E-state index is 12.1. The van der Waals surface area contributed by atoms with Gasteiger partial charge in [0.15, 0.2) is 0 Å². The van der Waals surface area contributed by atoms with Crippen molar-refractivity contribution < 1.29 is 4.79 Å². The fraction of sp³-hybridized carbons (Fsp3) is 0.769. The molecule has 0 radical (unpaired) electrons. The second-order valence-electron chi connectivity index (χ2n) is 4.81. The predicted octanol–water partition coefficient (Wildman–Crippen LogP) is 2.35. The van der Waals surface area contributed by atoms with Crippen molar-refractivity contribution in [2.24, 2.45) is 11.7 Å². The van der Waals surface area contributed by atoms with Crippen LogP contribution in [0.25, 0.3) is 0 Å². The SMILES string of the molecule is CC/C=C(\C)C(=O)N1CCCC(C(C)N)C1.Cl. The molecule has 1 aliphatic heterocycles. The van der Waals surface area contributed by atoms with E-state index in [2.05, 4.69) is 6.92 Å². The van der Waals surface area contributed by atoms with Crippen LogP contribution in [0, 0.1) is 5.92 Å². The van der Waals surface area contributed by atoms with Gasteiger partial charge in [0.05, 0.1) is 0 Å². The average Bonchev–Trinajstić information content (AvgIpc) is 2.28. The lowest BCUT2D eigenvalue weighted by Gasteiger charge is -2.34. The molecule has 1 heterocycles. The zero-order valence-electron chi connectivity index (χ0n) is 11.1. The summed E-state index contributed by atoms with van der Waals surface area (Å²) in [6, 6.07) is 0.186. The number of piperidine rings is 1. The van der Waals surface area contributed by atoms with Gasteiger partial charge in [0.1, 0.15) is 0 Å². The molecule has 17 heavy (non-hydrogen) atoms. The number of allylic oxidation sites excluding steroid dienone is 1. The monoisotopic (exact) mass is 260 g/mol. The van der Waals surface area contributed by atoms with Gasteiger partial charge in [0, 0.05) is 24.7 Å². The van der Waals surface area contributed by atoms with Crippen LogP contribution in [0.4, 0.5) is 0 Å². The first-order valence-electron chi connectivity index (χ1n) is 6.27. The summed E-state index contributed by atoms with van der Waals surface area (Å²) in [6.45, 7) is 7.70. The van der Waals surface area contributed by atoms with E-state index in [4.69, 9.17) is 5.73 Å². The first-order chi connectivity index (χ1) is 7.56. The number of hydrogen-bond acceptors (Lipinski definition) is 2. The van der Waals surface area contributed by atoms with E-state index in [1.165, 1.54) is 0 Å². The molecule has 2 unspecified atom stereocenters. The predicted molar refractivity (Wildman–Crippen MR) is 74.2 cm³/mol. The van der Waals surface area contributed by atoms with E-state index in [1.807, 2.05) is 24.8 Å². The van der Waals surface area contributed by atoms with Crippen molar-refractivity contribution in [3.63, 3.8) is 0 Å². The fourth-order valence-corrected chi connectivity index (χ4v) is 2.27. The number of carbonyl (C=O) groups excluding carboxylic acids is 1. The van der Waals surface area contributed by atoms with Gasteiger partial charge < -0.3 is 10.6 Å². The van der Waals surface area contributed by atoms with Gasteiger partial charge >= 0.3 is 0 Å². The minimum Gasteiger partial charge on any atom is -0.339 e. The Morgan fingerprint density at radius 2 is 2.24 bits per heavy atom. The summed E-state index contributed by atoms with van der Waals surface area (Å²) in [5, 5.41) is 0. The molecule has 1 saturated heterocycles. The highest BCUT2D eigenvalue weighted by atomic mass is 35.5. The minimum atomic E-state index is 0. The summed E-state index contributed by atoms with van der Waals surface area (Å²) in [7, 11) is 0. The van der Waals surface area contributed by atoms with Crippen molar-refractivity contribution in [3.05, 3.63) is 11.6 Å². The van der Waals surface area contributed by atoms with Crippen molar-refractivity contribution in [1.82, 2.24) is 4.90 Å². The number of likely N-dealkylation sites (tertiary alicyclic amines) is 1. The summed E-state index contributed by atoms with van der Waals surface area (Å²) in [5.74, 6) is 0.652. The van der Waals surface area contributed by atoms with Crippen molar-refractivity contribution >= 4 is 18.3 Å². The van der Waals surface area contributed by atoms with Gasteiger partial charge in [-0.2, -0.15) is 0 Å². The molecule has 1 fully saturated rings. The van der Waals surface area contributed by atoms with Gasteiger partial charge in [0.25, 0.3) is 0 Å². The molecule has 4 heteroatoms. The molecule has 0 aliphatic carbocycles. The van der Waals surface area contributed by atoms with Crippen LogP contribution in [-0.4, -0.2) is 29.9 Å². The smallest absolute Gasteiger partial charge is 0.249 e. The van der Waals surface area contributed by atoms with E-state index >= 15 is 0 Å². The lowest BCUT2D eigenvalue weighted by atomic mass is 9.92. The van der Waals surface area contributed by atoms with Crippen molar-refractivity contribution in [2.75, 3.05) is 13.1 Å². The van der Waals surface area contributed by atoms with Gasteiger partial charge in [-0.1, -0.05) is 13.0 Å². The van der Waals surface area contributed by atoms with Crippen LogP contribution < -0.4 is 5.73 Å². The van der Waals surface area contributed by atoms with Gasteiger partial charge in [-0.05, 0) is 39.0 Å². The molecular weight excluding hydrogens is 236 g/mol. The molecule has 1 amide bonds. The molecular formula is C13H25ClN2O. The average molecular weight is 261 g/mol. The van der Waals surface area contributed by atoms with E-state index in [-0.39, 0.29) is 24.4 Å². The lowest BCUT2D eigenvalue weighted by molar-refractivity contribution is -0.129. The molecule has 1 rings (SSSR count). The summed E-state index contributed by atoms with van der Waals surface area (Å²) >= 11 is 0. The fourth-order valence-electron chi connectivity index (χ4n) is 2.27. The maximum absolute atomic E-state index is 12.1. The third-order valence-electron chi connectivity index (χ3n) is 3.34. The molecule has 100 valence electrons. The highest BCUT2D eigenvalue weighted by Gasteiger charge is 2.25. The molecule has 0 aromatic rings. The molecule has 0 saturated carbocycles. The first-order valence-corrected chi connectivity index (χ1v) is 6.27. The lowest BCUT2D eigenvalue weighted by Crippen LogP contribution is -2.45. The van der Waals surface area contributed by atoms with Crippen molar-refractivity contribution in [3.8, 4) is 0 Å². The Hall–Kier alpha value is -0.540. The normalized spacial score (nSPS) is 22.9. The quantitative estimate of drug-likeness (QED) is 0.792. The standard InChI is InChI=1S/C13H24N2O.ClH/c1-4-6-10(2)13(16)15-8-5-7-12(9-15)11(3)14;/h6,11-12H,4-5,7-9,14H2,1-3H3;1H/b10-6+;. The number of halogens is 1. The van der Waals surface area contributed by atoms with E-state index in [1.54, 1.807) is 0 Å². The Kier molecular flexibility index (Phi) is 7.48. The molecule has 2 atom stereocenters. The summed E-state index contributed by atoms with van der Waals surface area (Å²) in [6.07, 6.45) is 5.15. The van der Waals surface area contributed by atoms with Crippen molar-refractivity contribution in [2.45, 2.75) is 46.1 Å². The molecule has 2 N–H and O–H groups in total. The van der Waals surface area contributed by atoms with Crippen LogP contribution >= 0.6 is 12.4 Å². The molecule has 0 bridgehead atoms. The Labute approximate surface area is 111 Å². The Morgan fingerprint density at radius 1 is 1.59 bits per heavy atom. The van der Waals surface area contributed by atoms with Gasteiger partial charge in [-0.3, -0.25) is 4.79 Å². The Balaban J connectivity index is 0.00000256. The Morgan fingerprint density at radius 3 is 2.76 bits per heavy atom. The largest absolute Gasteiger partial charge is 0.339 e. The van der Waals surface area contributed by atoms with Gasteiger partial charge in [-0.15, -0.1) is 12.4 Å². The van der Waals surface area contributed by atoms with Gasteiger partial charge in [0.2, 0.25) is 5.91 Å². The van der Waals surface area contributed by atoms with Crippen LogP contribution in [0.2, 0.25) is 0 Å². The highest BCUT2D eigenvalue weighted by Crippen LogP contribution is 2.20. The van der Waals surface area contributed by atoms with E-state index in [0.29, 0.717) is 5.92 Å². The Bertz CT molecular complexity index is 277. The van der Waals surface area contributed by atoms with E-state index < -0.39 is 0 Å². The van der Waals surface area contributed by atoms with E-state index in [0.717, 1.165) is 37.9 Å². The second-order valence-corrected chi connectivity index (χ2v) is 4.81. The number of carbonyl (C=O) groups is 1. The highest BCUT2D eigenvalue weighted by molar-refractivity contribution is 5.92. The zero-order chi connectivity index (χ0) is 12.1. The molecule has 0 spiro atoms. The maximum Gasteiger partial charge on any atom is 0.249 e. The summed E-state index contributed by atoms with van der Waals surface area (Å²) < 4.78 is 0. The van der Waals surface area contributed by atoms with Crippen LogP contribution in [0.5, 0.6) is 0 Å².